The molecule has 0 saturated carbocycles. The van der Waals surface area contributed by atoms with Crippen molar-refractivity contribution < 1.29 is 0 Å². The van der Waals surface area contributed by atoms with Crippen LogP contribution in [0.5, 0.6) is 0 Å². The van der Waals surface area contributed by atoms with E-state index in [9.17, 15) is 0 Å². The zero-order chi connectivity index (χ0) is 16.2. The molecule has 3 heterocycles. The largest absolute Gasteiger partial charge is 0.353 e. The summed E-state index contributed by atoms with van der Waals surface area (Å²) in [5.41, 5.74) is 2.89. The Morgan fingerprint density at radius 2 is 1.83 bits per heavy atom. The number of hydrogen-bond donors (Lipinski definition) is 0. The molecule has 0 bridgehead atoms. The minimum Gasteiger partial charge on any atom is -0.353 e. The third kappa shape index (κ3) is 3.09. The van der Waals surface area contributed by atoms with Crippen LogP contribution in [0, 0.1) is 18.3 Å². The van der Waals surface area contributed by atoms with Gasteiger partial charge in [-0.05, 0) is 25.5 Å². The standard InChI is InChI=1S/C17H20N6/c1-3-15-13(2)20-12-21-17(15)23-8-6-22(7-9-23)16-5-4-14(10-18)11-19-16/h4-5,11-12H,3,6-9H2,1-2H3. The van der Waals surface area contributed by atoms with Crippen LogP contribution in [0.1, 0.15) is 23.7 Å². The lowest BCUT2D eigenvalue weighted by atomic mass is 10.1. The van der Waals surface area contributed by atoms with Gasteiger partial charge in [0.2, 0.25) is 0 Å². The molecule has 1 saturated heterocycles. The molecule has 0 amide bonds. The van der Waals surface area contributed by atoms with Crippen LogP contribution in [0.25, 0.3) is 0 Å². The molecule has 0 radical (unpaired) electrons. The average molecular weight is 308 g/mol. The van der Waals surface area contributed by atoms with E-state index in [1.165, 1.54) is 5.56 Å². The van der Waals surface area contributed by atoms with E-state index in [0.717, 1.165) is 49.9 Å². The van der Waals surface area contributed by atoms with Crippen molar-refractivity contribution in [3.63, 3.8) is 0 Å². The highest BCUT2D eigenvalue weighted by molar-refractivity contribution is 5.51. The van der Waals surface area contributed by atoms with Gasteiger partial charge in [0.1, 0.15) is 24.0 Å². The third-order valence-corrected chi connectivity index (χ3v) is 4.27. The van der Waals surface area contributed by atoms with Crippen LogP contribution in [0.2, 0.25) is 0 Å². The second kappa shape index (κ2) is 6.61. The summed E-state index contributed by atoms with van der Waals surface area (Å²) in [6.07, 6.45) is 4.22. The molecule has 6 heteroatoms. The van der Waals surface area contributed by atoms with Crippen LogP contribution < -0.4 is 9.80 Å². The fraction of sp³-hybridized carbons (Fsp3) is 0.412. The van der Waals surface area contributed by atoms with Gasteiger partial charge in [-0.3, -0.25) is 0 Å². The summed E-state index contributed by atoms with van der Waals surface area (Å²) in [5, 5.41) is 8.85. The third-order valence-electron chi connectivity index (χ3n) is 4.27. The molecule has 6 nitrogen and oxygen atoms in total. The zero-order valence-electron chi connectivity index (χ0n) is 13.5. The lowest BCUT2D eigenvalue weighted by molar-refractivity contribution is 0.637. The van der Waals surface area contributed by atoms with Crippen molar-refractivity contribution in [2.75, 3.05) is 36.0 Å². The highest BCUT2D eigenvalue weighted by Crippen LogP contribution is 2.22. The Hall–Kier alpha value is -2.68. The van der Waals surface area contributed by atoms with Crippen molar-refractivity contribution in [1.82, 2.24) is 15.0 Å². The molecule has 118 valence electrons. The predicted octanol–water partition coefficient (Wildman–Crippen LogP) is 1.94. The van der Waals surface area contributed by atoms with Crippen molar-refractivity contribution in [2.24, 2.45) is 0 Å². The lowest BCUT2D eigenvalue weighted by Crippen LogP contribution is -2.47. The minimum atomic E-state index is 0.594. The van der Waals surface area contributed by atoms with Gasteiger partial charge in [-0.2, -0.15) is 5.26 Å². The van der Waals surface area contributed by atoms with Crippen LogP contribution in [-0.4, -0.2) is 41.1 Å². The van der Waals surface area contributed by atoms with Crippen LogP contribution >= 0.6 is 0 Å². The average Bonchev–Trinajstić information content (AvgIpc) is 2.62. The molecule has 23 heavy (non-hydrogen) atoms. The van der Waals surface area contributed by atoms with E-state index in [1.54, 1.807) is 12.5 Å². The number of nitrogens with zero attached hydrogens (tertiary/aromatic N) is 6. The summed E-state index contributed by atoms with van der Waals surface area (Å²) in [4.78, 5) is 17.8. The first kappa shape index (κ1) is 15.2. The fourth-order valence-electron chi connectivity index (χ4n) is 2.96. The first-order valence-electron chi connectivity index (χ1n) is 7.89. The number of rotatable bonds is 3. The van der Waals surface area contributed by atoms with E-state index in [2.05, 4.69) is 37.7 Å². The molecule has 1 aliphatic rings. The summed E-state index contributed by atoms with van der Waals surface area (Å²) >= 11 is 0. The summed E-state index contributed by atoms with van der Waals surface area (Å²) in [6.45, 7) is 7.79. The van der Waals surface area contributed by atoms with Gasteiger partial charge < -0.3 is 9.80 Å². The van der Waals surface area contributed by atoms with Crippen molar-refractivity contribution in [3.8, 4) is 6.07 Å². The molecule has 2 aromatic heterocycles. The molecule has 0 atom stereocenters. The van der Waals surface area contributed by atoms with Crippen molar-refractivity contribution in [2.45, 2.75) is 20.3 Å². The number of piperazine rings is 1. The van der Waals surface area contributed by atoms with Gasteiger partial charge >= 0.3 is 0 Å². The van der Waals surface area contributed by atoms with Crippen molar-refractivity contribution >= 4 is 11.6 Å². The molecule has 1 fully saturated rings. The molecular weight excluding hydrogens is 288 g/mol. The van der Waals surface area contributed by atoms with E-state index >= 15 is 0 Å². The van der Waals surface area contributed by atoms with Gasteiger partial charge in [-0.25, -0.2) is 15.0 Å². The molecule has 3 rings (SSSR count). The van der Waals surface area contributed by atoms with Gasteiger partial charge in [0, 0.05) is 43.6 Å². The summed E-state index contributed by atoms with van der Waals surface area (Å²) in [6, 6.07) is 5.83. The monoisotopic (exact) mass is 308 g/mol. The van der Waals surface area contributed by atoms with Crippen LogP contribution in [-0.2, 0) is 6.42 Å². The number of pyridine rings is 1. The van der Waals surface area contributed by atoms with E-state index in [-0.39, 0.29) is 0 Å². The normalized spacial score (nSPS) is 14.7. The number of aromatic nitrogens is 3. The maximum absolute atomic E-state index is 8.85. The Kier molecular flexibility index (Phi) is 4.38. The highest BCUT2D eigenvalue weighted by atomic mass is 15.3. The Morgan fingerprint density at radius 3 is 2.43 bits per heavy atom. The molecule has 0 aliphatic carbocycles. The fourth-order valence-corrected chi connectivity index (χ4v) is 2.96. The predicted molar refractivity (Wildman–Crippen MR) is 89.5 cm³/mol. The van der Waals surface area contributed by atoms with E-state index in [1.807, 2.05) is 19.1 Å². The number of anilines is 2. The van der Waals surface area contributed by atoms with Crippen LogP contribution in [0.15, 0.2) is 24.7 Å². The highest BCUT2D eigenvalue weighted by Gasteiger charge is 2.21. The zero-order valence-corrected chi connectivity index (χ0v) is 13.5. The lowest BCUT2D eigenvalue weighted by Gasteiger charge is -2.36. The number of aryl methyl sites for hydroxylation is 1. The second-order valence-electron chi connectivity index (χ2n) is 5.61. The van der Waals surface area contributed by atoms with E-state index in [0.29, 0.717) is 5.56 Å². The summed E-state index contributed by atoms with van der Waals surface area (Å²) in [5.74, 6) is 1.99. The Labute approximate surface area is 136 Å². The number of hydrogen-bond acceptors (Lipinski definition) is 6. The molecule has 0 unspecified atom stereocenters. The minimum absolute atomic E-state index is 0.594. The SMILES string of the molecule is CCc1c(C)ncnc1N1CCN(c2ccc(C#N)cn2)CC1. The summed E-state index contributed by atoms with van der Waals surface area (Å²) in [7, 11) is 0. The first-order valence-corrected chi connectivity index (χ1v) is 7.89. The van der Waals surface area contributed by atoms with Crippen molar-refractivity contribution in [1.29, 1.82) is 5.26 Å². The molecule has 0 spiro atoms. The Bertz CT molecular complexity index is 711. The van der Waals surface area contributed by atoms with Gasteiger partial charge in [-0.1, -0.05) is 6.92 Å². The van der Waals surface area contributed by atoms with Gasteiger partial charge in [0.25, 0.3) is 0 Å². The molecule has 2 aromatic rings. The summed E-state index contributed by atoms with van der Waals surface area (Å²) < 4.78 is 0. The molecular formula is C17H20N6. The van der Waals surface area contributed by atoms with E-state index in [4.69, 9.17) is 5.26 Å². The Balaban J connectivity index is 1.71. The van der Waals surface area contributed by atoms with Crippen molar-refractivity contribution in [3.05, 3.63) is 41.5 Å². The van der Waals surface area contributed by atoms with Gasteiger partial charge in [0.05, 0.1) is 5.56 Å². The maximum Gasteiger partial charge on any atom is 0.135 e. The number of nitriles is 1. The molecule has 0 aromatic carbocycles. The van der Waals surface area contributed by atoms with Crippen LogP contribution in [0.4, 0.5) is 11.6 Å². The first-order chi connectivity index (χ1) is 11.2. The van der Waals surface area contributed by atoms with Crippen LogP contribution in [0.3, 0.4) is 0 Å². The van der Waals surface area contributed by atoms with Gasteiger partial charge in [-0.15, -0.1) is 0 Å². The van der Waals surface area contributed by atoms with Gasteiger partial charge in [0.15, 0.2) is 0 Å². The topological polar surface area (TPSA) is 68.9 Å². The Morgan fingerprint density at radius 1 is 1.09 bits per heavy atom. The molecule has 1 aliphatic heterocycles. The second-order valence-corrected chi connectivity index (χ2v) is 5.61. The quantitative estimate of drug-likeness (QED) is 0.863. The maximum atomic E-state index is 8.85. The molecule has 0 N–H and O–H groups in total. The van der Waals surface area contributed by atoms with E-state index < -0.39 is 0 Å². The smallest absolute Gasteiger partial charge is 0.135 e.